The lowest BCUT2D eigenvalue weighted by atomic mass is 10.1. The number of aromatic nitrogens is 2. The van der Waals surface area contributed by atoms with Crippen LogP contribution in [0.1, 0.15) is 11.1 Å². The van der Waals surface area contributed by atoms with Crippen molar-refractivity contribution >= 4 is 11.0 Å². The molecule has 0 atom stereocenters. The summed E-state index contributed by atoms with van der Waals surface area (Å²) >= 11 is 0. The molecular formula is C15H14N2O. The van der Waals surface area contributed by atoms with Crippen molar-refractivity contribution in [2.45, 2.75) is 13.8 Å². The van der Waals surface area contributed by atoms with Crippen LogP contribution in [-0.4, -0.2) is 15.1 Å². The first-order valence-corrected chi connectivity index (χ1v) is 5.90. The van der Waals surface area contributed by atoms with Gasteiger partial charge in [0, 0.05) is 11.1 Å². The van der Waals surface area contributed by atoms with Crippen LogP contribution < -0.4 is 0 Å². The second-order valence-corrected chi connectivity index (χ2v) is 4.56. The molecule has 0 saturated carbocycles. The third-order valence-corrected chi connectivity index (χ3v) is 3.20. The van der Waals surface area contributed by atoms with Gasteiger partial charge in [-0.25, -0.2) is 4.98 Å². The first-order chi connectivity index (χ1) is 8.65. The second kappa shape index (κ2) is 3.88. The van der Waals surface area contributed by atoms with Gasteiger partial charge < -0.3 is 10.1 Å². The molecular weight excluding hydrogens is 224 g/mol. The minimum Gasteiger partial charge on any atom is -0.508 e. The van der Waals surface area contributed by atoms with Gasteiger partial charge in [0.25, 0.3) is 0 Å². The molecule has 2 N–H and O–H groups in total. The zero-order valence-electron chi connectivity index (χ0n) is 10.4. The third-order valence-electron chi connectivity index (χ3n) is 3.20. The number of hydrogen-bond donors (Lipinski definition) is 2. The number of phenols is 1. The van der Waals surface area contributed by atoms with E-state index in [9.17, 15) is 5.11 Å². The summed E-state index contributed by atoms with van der Waals surface area (Å²) < 4.78 is 0. The smallest absolute Gasteiger partial charge is 0.138 e. The van der Waals surface area contributed by atoms with E-state index in [0.717, 1.165) is 28.0 Å². The second-order valence-electron chi connectivity index (χ2n) is 4.56. The van der Waals surface area contributed by atoms with Crippen molar-refractivity contribution < 1.29 is 5.11 Å². The number of aryl methyl sites for hydroxylation is 1. The Kier molecular flexibility index (Phi) is 2.33. The standard InChI is InChI=1S/C15H14N2O/c1-9-6-7-12-13(8-9)17-15(16-12)11-4-3-5-14(18)10(11)2/h3-8,18H,1-2H3,(H,16,17). The monoisotopic (exact) mass is 238 g/mol. The van der Waals surface area contributed by atoms with Gasteiger partial charge in [-0.1, -0.05) is 18.2 Å². The van der Waals surface area contributed by atoms with Crippen LogP contribution in [0.4, 0.5) is 0 Å². The van der Waals surface area contributed by atoms with Crippen LogP contribution in [0.3, 0.4) is 0 Å². The van der Waals surface area contributed by atoms with Crippen LogP contribution in [0.2, 0.25) is 0 Å². The maximum Gasteiger partial charge on any atom is 0.138 e. The Labute approximate surface area is 105 Å². The molecule has 0 radical (unpaired) electrons. The Bertz CT molecular complexity index is 728. The molecule has 0 aliphatic rings. The largest absolute Gasteiger partial charge is 0.508 e. The van der Waals surface area contributed by atoms with Gasteiger partial charge in [0.15, 0.2) is 0 Å². The van der Waals surface area contributed by atoms with Crippen LogP contribution in [-0.2, 0) is 0 Å². The molecule has 3 rings (SSSR count). The number of hydrogen-bond acceptors (Lipinski definition) is 2. The van der Waals surface area contributed by atoms with Crippen molar-refractivity contribution in [1.82, 2.24) is 9.97 Å². The van der Waals surface area contributed by atoms with Gasteiger partial charge in [0.2, 0.25) is 0 Å². The van der Waals surface area contributed by atoms with Gasteiger partial charge in [-0.05, 0) is 37.6 Å². The molecule has 3 aromatic rings. The Morgan fingerprint density at radius 2 is 1.94 bits per heavy atom. The highest BCUT2D eigenvalue weighted by atomic mass is 16.3. The molecule has 0 amide bonds. The first kappa shape index (κ1) is 10.8. The zero-order chi connectivity index (χ0) is 12.7. The summed E-state index contributed by atoms with van der Waals surface area (Å²) in [5.74, 6) is 1.09. The van der Waals surface area contributed by atoms with Crippen LogP contribution in [0.5, 0.6) is 5.75 Å². The van der Waals surface area contributed by atoms with E-state index in [-0.39, 0.29) is 0 Å². The van der Waals surface area contributed by atoms with Crippen molar-refractivity contribution in [2.24, 2.45) is 0 Å². The number of H-pyrrole nitrogens is 1. The number of aromatic amines is 1. The number of aromatic hydroxyl groups is 1. The summed E-state index contributed by atoms with van der Waals surface area (Å²) in [6, 6.07) is 11.6. The number of rotatable bonds is 1. The summed E-state index contributed by atoms with van der Waals surface area (Å²) in [5.41, 5.74) is 4.94. The Balaban J connectivity index is 2.22. The Hall–Kier alpha value is -2.29. The van der Waals surface area contributed by atoms with Crippen molar-refractivity contribution in [3.8, 4) is 17.1 Å². The summed E-state index contributed by atoms with van der Waals surface area (Å²) in [5, 5.41) is 9.74. The lowest BCUT2D eigenvalue weighted by molar-refractivity contribution is 0.471. The van der Waals surface area contributed by atoms with E-state index in [0.29, 0.717) is 5.75 Å². The van der Waals surface area contributed by atoms with Gasteiger partial charge in [-0.2, -0.15) is 0 Å². The van der Waals surface area contributed by atoms with E-state index in [1.54, 1.807) is 6.07 Å². The SMILES string of the molecule is Cc1ccc2nc(-c3cccc(O)c3C)[nH]c2c1. The molecule has 1 aromatic heterocycles. The minimum atomic E-state index is 0.295. The summed E-state index contributed by atoms with van der Waals surface area (Å²) in [6.07, 6.45) is 0. The molecule has 0 aliphatic carbocycles. The summed E-state index contributed by atoms with van der Waals surface area (Å²) in [4.78, 5) is 7.86. The summed E-state index contributed by atoms with van der Waals surface area (Å²) in [6.45, 7) is 3.95. The lowest BCUT2D eigenvalue weighted by Crippen LogP contribution is -1.85. The fourth-order valence-corrected chi connectivity index (χ4v) is 2.13. The lowest BCUT2D eigenvalue weighted by Gasteiger charge is -2.03. The fourth-order valence-electron chi connectivity index (χ4n) is 2.13. The Morgan fingerprint density at radius 3 is 2.78 bits per heavy atom. The zero-order valence-corrected chi connectivity index (χ0v) is 10.4. The van der Waals surface area contributed by atoms with Gasteiger partial charge >= 0.3 is 0 Å². The molecule has 0 bridgehead atoms. The quantitative estimate of drug-likeness (QED) is 0.681. The molecule has 0 unspecified atom stereocenters. The number of phenolic OH excluding ortho intramolecular Hbond substituents is 1. The molecule has 3 heteroatoms. The van der Waals surface area contributed by atoms with E-state index in [1.165, 1.54) is 5.56 Å². The normalized spacial score (nSPS) is 11.0. The van der Waals surface area contributed by atoms with Crippen LogP contribution in [0.25, 0.3) is 22.4 Å². The Morgan fingerprint density at radius 1 is 1.11 bits per heavy atom. The van der Waals surface area contributed by atoms with Crippen molar-refractivity contribution in [2.75, 3.05) is 0 Å². The number of fused-ring (bicyclic) bond motifs is 1. The number of nitrogens with zero attached hydrogens (tertiary/aromatic N) is 1. The van der Waals surface area contributed by atoms with E-state index in [2.05, 4.69) is 23.0 Å². The highest BCUT2D eigenvalue weighted by Gasteiger charge is 2.09. The fraction of sp³-hybridized carbons (Fsp3) is 0.133. The average Bonchev–Trinajstić information content (AvgIpc) is 2.75. The number of nitrogens with one attached hydrogen (secondary N) is 1. The van der Waals surface area contributed by atoms with Crippen LogP contribution in [0, 0.1) is 13.8 Å². The van der Waals surface area contributed by atoms with Gasteiger partial charge in [-0.15, -0.1) is 0 Å². The van der Waals surface area contributed by atoms with E-state index >= 15 is 0 Å². The van der Waals surface area contributed by atoms with Crippen molar-refractivity contribution in [3.05, 3.63) is 47.5 Å². The maximum absolute atomic E-state index is 9.74. The van der Waals surface area contributed by atoms with Crippen molar-refractivity contribution in [1.29, 1.82) is 0 Å². The number of imidazole rings is 1. The van der Waals surface area contributed by atoms with E-state index in [4.69, 9.17) is 0 Å². The predicted molar refractivity (Wildman–Crippen MR) is 72.7 cm³/mol. The third kappa shape index (κ3) is 1.64. The number of benzene rings is 2. The molecule has 0 fully saturated rings. The molecule has 90 valence electrons. The highest BCUT2D eigenvalue weighted by Crippen LogP contribution is 2.28. The van der Waals surface area contributed by atoms with Crippen LogP contribution >= 0.6 is 0 Å². The first-order valence-electron chi connectivity index (χ1n) is 5.90. The molecule has 0 spiro atoms. The average molecular weight is 238 g/mol. The maximum atomic E-state index is 9.74. The minimum absolute atomic E-state index is 0.295. The van der Waals surface area contributed by atoms with E-state index < -0.39 is 0 Å². The topological polar surface area (TPSA) is 48.9 Å². The molecule has 3 nitrogen and oxygen atoms in total. The van der Waals surface area contributed by atoms with Gasteiger partial charge in [0.05, 0.1) is 11.0 Å². The molecule has 0 saturated heterocycles. The highest BCUT2D eigenvalue weighted by molar-refractivity contribution is 5.80. The molecule has 18 heavy (non-hydrogen) atoms. The van der Waals surface area contributed by atoms with E-state index in [1.807, 2.05) is 31.2 Å². The predicted octanol–water partition coefficient (Wildman–Crippen LogP) is 3.55. The van der Waals surface area contributed by atoms with Gasteiger partial charge in [-0.3, -0.25) is 0 Å². The molecule has 2 aromatic carbocycles. The van der Waals surface area contributed by atoms with Gasteiger partial charge in [0.1, 0.15) is 11.6 Å². The summed E-state index contributed by atoms with van der Waals surface area (Å²) in [7, 11) is 0. The molecule has 0 aliphatic heterocycles. The van der Waals surface area contributed by atoms with Crippen LogP contribution in [0.15, 0.2) is 36.4 Å². The van der Waals surface area contributed by atoms with Crippen molar-refractivity contribution in [3.63, 3.8) is 0 Å². The molecule has 1 heterocycles.